The van der Waals surface area contributed by atoms with E-state index in [-0.39, 0.29) is 24.0 Å². The quantitative estimate of drug-likeness (QED) is 0.621. The number of fused-ring (bicyclic) bond motifs is 3. The summed E-state index contributed by atoms with van der Waals surface area (Å²) in [6.45, 7) is 2.05. The van der Waals surface area contributed by atoms with Gasteiger partial charge >= 0.3 is 0 Å². The van der Waals surface area contributed by atoms with Gasteiger partial charge in [-0.15, -0.1) is 0 Å². The lowest BCUT2D eigenvalue weighted by Gasteiger charge is -2.44. The van der Waals surface area contributed by atoms with Crippen LogP contribution in [0.25, 0.3) is 0 Å². The highest BCUT2D eigenvalue weighted by Gasteiger charge is 2.59. The average Bonchev–Trinajstić information content (AvgIpc) is 2.67. The molecule has 2 saturated carbocycles. The number of Topliss-reactive ketones (excluding diaryl/α,β-unsaturated/α-hetero) is 1. The van der Waals surface area contributed by atoms with Crippen LogP contribution in [0.1, 0.15) is 26.2 Å². The van der Waals surface area contributed by atoms with Crippen LogP contribution in [0.3, 0.4) is 0 Å². The van der Waals surface area contributed by atoms with Gasteiger partial charge in [0.25, 0.3) is 0 Å². The van der Waals surface area contributed by atoms with E-state index in [1.165, 1.54) is 4.90 Å². The molecule has 1 heterocycles. The van der Waals surface area contributed by atoms with Crippen LogP contribution in [0.15, 0.2) is 0 Å². The summed E-state index contributed by atoms with van der Waals surface area (Å²) in [5.41, 5.74) is 0. The Morgan fingerprint density at radius 2 is 1.75 bits per heavy atom. The molecule has 6 atom stereocenters. The largest absolute Gasteiger partial charge is 0.390 e. The number of carbonyl (C=O) groups excluding carboxylic acids is 3. The van der Waals surface area contributed by atoms with Crippen molar-refractivity contribution in [2.24, 2.45) is 23.7 Å². The third kappa shape index (κ3) is 1.67. The van der Waals surface area contributed by atoms with Crippen molar-refractivity contribution in [3.8, 4) is 0 Å². The summed E-state index contributed by atoms with van der Waals surface area (Å²) >= 11 is 0. The molecule has 0 radical (unpaired) electrons. The van der Waals surface area contributed by atoms with Gasteiger partial charge in [-0.1, -0.05) is 0 Å². The molecular formula is C14H19NO5. The first-order chi connectivity index (χ1) is 9.47. The molecule has 20 heavy (non-hydrogen) atoms. The Hall–Kier alpha value is -1.27. The van der Waals surface area contributed by atoms with E-state index in [0.29, 0.717) is 19.4 Å². The third-order valence-corrected chi connectivity index (χ3v) is 5.16. The van der Waals surface area contributed by atoms with Crippen LogP contribution < -0.4 is 0 Å². The van der Waals surface area contributed by atoms with Crippen molar-refractivity contribution < 1.29 is 24.6 Å². The molecular weight excluding hydrogens is 262 g/mol. The molecule has 0 aromatic carbocycles. The Morgan fingerprint density at radius 3 is 2.40 bits per heavy atom. The minimum atomic E-state index is -1.12. The van der Waals surface area contributed by atoms with Crippen molar-refractivity contribution in [2.75, 3.05) is 6.54 Å². The van der Waals surface area contributed by atoms with E-state index in [2.05, 4.69) is 0 Å². The Balaban J connectivity index is 1.98. The maximum absolute atomic E-state index is 12.4. The number of aliphatic hydroxyl groups excluding tert-OH is 2. The first-order valence-electron chi connectivity index (χ1n) is 7.21. The van der Waals surface area contributed by atoms with Crippen LogP contribution >= 0.6 is 0 Å². The number of rotatable bonds is 1. The van der Waals surface area contributed by atoms with Gasteiger partial charge in [-0.2, -0.15) is 0 Å². The van der Waals surface area contributed by atoms with Gasteiger partial charge in [0.05, 0.1) is 24.0 Å². The lowest BCUT2D eigenvalue weighted by molar-refractivity contribution is -0.156. The second-order valence-corrected chi connectivity index (χ2v) is 6.04. The predicted octanol–water partition coefficient (Wildman–Crippen LogP) is -0.672. The zero-order chi connectivity index (χ0) is 14.6. The normalized spacial score (nSPS) is 44.5. The molecule has 3 aliphatic rings. The Kier molecular flexibility index (Phi) is 3.17. The minimum Gasteiger partial charge on any atom is -0.390 e. The first kappa shape index (κ1) is 13.7. The molecule has 6 nitrogen and oxygen atoms in total. The molecule has 3 fully saturated rings. The van der Waals surface area contributed by atoms with Crippen molar-refractivity contribution in [1.29, 1.82) is 0 Å². The van der Waals surface area contributed by atoms with E-state index in [0.717, 1.165) is 0 Å². The van der Waals surface area contributed by atoms with Gasteiger partial charge in [-0.05, 0) is 19.8 Å². The summed E-state index contributed by atoms with van der Waals surface area (Å²) in [7, 11) is 0. The van der Waals surface area contributed by atoms with E-state index in [9.17, 15) is 24.6 Å². The molecule has 2 N–H and O–H groups in total. The van der Waals surface area contributed by atoms with Gasteiger partial charge in [0.15, 0.2) is 0 Å². The molecule has 0 aromatic heterocycles. The summed E-state index contributed by atoms with van der Waals surface area (Å²) in [6, 6.07) is 0. The molecule has 1 aliphatic heterocycles. The Morgan fingerprint density at radius 1 is 1.10 bits per heavy atom. The minimum absolute atomic E-state index is 0.0562. The van der Waals surface area contributed by atoms with Crippen molar-refractivity contribution in [1.82, 2.24) is 4.90 Å². The van der Waals surface area contributed by atoms with Crippen LogP contribution in [0.2, 0.25) is 0 Å². The standard InChI is InChI=1S/C14H19NO5/c1-2-15-13(19)7-4-3-6-8(16)5-9(17)12(18)10(6)11(7)14(15)20/h6-7,9-12,17-18H,2-5H2,1H3/t6-,7-,9-,10-,11-,12-/m1/s1. The number of amides is 2. The van der Waals surface area contributed by atoms with E-state index in [4.69, 9.17) is 0 Å². The van der Waals surface area contributed by atoms with E-state index in [1.807, 2.05) is 0 Å². The van der Waals surface area contributed by atoms with Gasteiger partial charge < -0.3 is 10.2 Å². The van der Waals surface area contributed by atoms with Gasteiger partial charge in [0, 0.05) is 24.8 Å². The summed E-state index contributed by atoms with van der Waals surface area (Å²) in [6.07, 6.45) is -1.24. The number of nitrogens with zero attached hydrogens (tertiary/aromatic N) is 1. The number of carbonyl (C=O) groups is 3. The lowest BCUT2D eigenvalue weighted by Crippen LogP contribution is -2.54. The average molecular weight is 281 g/mol. The Bertz CT molecular complexity index is 476. The number of likely N-dealkylation sites (tertiary alicyclic amines) is 1. The number of hydrogen-bond acceptors (Lipinski definition) is 5. The molecule has 0 spiro atoms. The van der Waals surface area contributed by atoms with E-state index in [1.54, 1.807) is 6.92 Å². The van der Waals surface area contributed by atoms with Gasteiger partial charge in [-0.25, -0.2) is 0 Å². The summed E-state index contributed by atoms with van der Waals surface area (Å²) < 4.78 is 0. The number of imide groups is 1. The lowest BCUT2D eigenvalue weighted by atomic mass is 9.60. The van der Waals surface area contributed by atoms with Crippen molar-refractivity contribution in [3.63, 3.8) is 0 Å². The molecule has 110 valence electrons. The highest BCUT2D eigenvalue weighted by Crippen LogP contribution is 2.49. The van der Waals surface area contributed by atoms with Gasteiger partial charge in [-0.3, -0.25) is 19.3 Å². The first-order valence-corrected chi connectivity index (χ1v) is 7.21. The Labute approximate surface area is 116 Å². The van der Waals surface area contributed by atoms with Crippen LogP contribution in [0, 0.1) is 23.7 Å². The van der Waals surface area contributed by atoms with Crippen molar-refractivity contribution >= 4 is 17.6 Å². The molecule has 0 unspecified atom stereocenters. The van der Waals surface area contributed by atoms with E-state index >= 15 is 0 Å². The number of hydrogen-bond donors (Lipinski definition) is 2. The highest BCUT2D eigenvalue weighted by atomic mass is 16.3. The predicted molar refractivity (Wildman–Crippen MR) is 67.2 cm³/mol. The van der Waals surface area contributed by atoms with Crippen molar-refractivity contribution in [3.05, 3.63) is 0 Å². The smallest absolute Gasteiger partial charge is 0.233 e. The van der Waals surface area contributed by atoms with Gasteiger partial charge in [0.1, 0.15) is 5.78 Å². The SMILES string of the molecule is CCN1C(=O)[C@H]2[C@@H]3[C@H](O)[C@H](O)CC(=O)[C@H]3CC[C@H]2C1=O. The van der Waals surface area contributed by atoms with Crippen LogP contribution in [0.5, 0.6) is 0 Å². The summed E-state index contributed by atoms with van der Waals surface area (Å²) in [5.74, 6) is -2.67. The zero-order valence-corrected chi connectivity index (χ0v) is 11.4. The van der Waals surface area contributed by atoms with Gasteiger partial charge in [0.2, 0.25) is 11.8 Å². The summed E-state index contributed by atoms with van der Waals surface area (Å²) in [4.78, 5) is 37.8. The molecule has 0 aromatic rings. The monoisotopic (exact) mass is 281 g/mol. The second-order valence-electron chi connectivity index (χ2n) is 6.04. The fraction of sp³-hybridized carbons (Fsp3) is 0.786. The fourth-order valence-electron chi connectivity index (χ4n) is 4.22. The van der Waals surface area contributed by atoms with E-state index < -0.39 is 35.9 Å². The molecule has 2 aliphatic carbocycles. The topological polar surface area (TPSA) is 94.9 Å². The maximum Gasteiger partial charge on any atom is 0.233 e. The third-order valence-electron chi connectivity index (χ3n) is 5.16. The highest BCUT2D eigenvalue weighted by molar-refractivity contribution is 6.06. The molecule has 0 bridgehead atoms. The number of aliphatic hydroxyl groups is 2. The van der Waals surface area contributed by atoms with Crippen molar-refractivity contribution in [2.45, 2.75) is 38.4 Å². The molecule has 1 saturated heterocycles. The molecule has 3 rings (SSSR count). The number of ketones is 1. The zero-order valence-electron chi connectivity index (χ0n) is 11.4. The molecule has 6 heteroatoms. The summed E-state index contributed by atoms with van der Waals surface area (Å²) in [5, 5.41) is 20.0. The maximum atomic E-state index is 12.4. The second kappa shape index (κ2) is 4.63. The van der Waals surface area contributed by atoms with Crippen LogP contribution in [-0.4, -0.2) is 51.5 Å². The van der Waals surface area contributed by atoms with Crippen LogP contribution in [0.4, 0.5) is 0 Å². The fourth-order valence-corrected chi connectivity index (χ4v) is 4.22. The molecule has 2 amide bonds. The van der Waals surface area contributed by atoms with Crippen LogP contribution in [-0.2, 0) is 14.4 Å².